The van der Waals surface area contributed by atoms with Crippen LogP contribution in [-0.2, 0) is 0 Å². The normalized spacial score (nSPS) is 15.4. The Balaban J connectivity index is 1.75. The van der Waals surface area contributed by atoms with Gasteiger partial charge in [0.25, 0.3) is 0 Å². The van der Waals surface area contributed by atoms with Gasteiger partial charge in [-0.3, -0.25) is 10.1 Å². The van der Waals surface area contributed by atoms with Crippen LogP contribution in [0.1, 0.15) is 32.1 Å². The quantitative estimate of drug-likeness (QED) is 0.593. The Morgan fingerprint density at radius 1 is 0.920 bits per heavy atom. The lowest BCUT2D eigenvalue weighted by atomic mass is 10.0. The van der Waals surface area contributed by atoms with Gasteiger partial charge in [0.1, 0.15) is 5.03 Å². The van der Waals surface area contributed by atoms with Crippen LogP contribution in [0.4, 0.5) is 0 Å². The molecule has 1 aliphatic rings. The molecule has 0 aliphatic heterocycles. The maximum atomic E-state index is 6.05. The Morgan fingerprint density at radius 2 is 1.64 bits per heavy atom. The van der Waals surface area contributed by atoms with Gasteiger partial charge < -0.3 is 0 Å². The molecule has 2 heterocycles. The summed E-state index contributed by atoms with van der Waals surface area (Å²) in [5.41, 5.74) is 4.45. The zero-order chi connectivity index (χ0) is 17.1. The number of nitrogens with zero attached hydrogens (tertiary/aromatic N) is 2. The molecule has 3 nitrogen and oxygen atoms in total. The van der Waals surface area contributed by atoms with Crippen molar-refractivity contribution < 1.29 is 0 Å². The first kappa shape index (κ1) is 16.7. The summed E-state index contributed by atoms with van der Waals surface area (Å²) in [7, 11) is 0. The molecule has 25 heavy (non-hydrogen) atoms. The van der Waals surface area contributed by atoms with Crippen LogP contribution in [0.25, 0.3) is 22.4 Å². The van der Waals surface area contributed by atoms with E-state index in [9.17, 15) is 0 Å². The van der Waals surface area contributed by atoms with Crippen LogP contribution >= 0.6 is 23.4 Å². The predicted octanol–water partition coefficient (Wildman–Crippen LogP) is 6.22. The van der Waals surface area contributed by atoms with Gasteiger partial charge in [0.05, 0.1) is 5.69 Å². The highest BCUT2D eigenvalue weighted by molar-refractivity contribution is 8.00. The SMILES string of the molecule is Clc1ccc(-c2[nH]nc(SC3CCCCC3)c2-c2ccncc2)cc1. The zero-order valence-electron chi connectivity index (χ0n) is 13.9. The average molecular weight is 370 g/mol. The third-order valence-corrected chi connectivity index (χ3v) is 6.24. The monoisotopic (exact) mass is 369 g/mol. The summed E-state index contributed by atoms with van der Waals surface area (Å²) in [6.07, 6.45) is 10.3. The second kappa shape index (κ2) is 7.63. The number of H-pyrrole nitrogens is 1. The van der Waals surface area contributed by atoms with Gasteiger partial charge in [0, 0.05) is 33.8 Å². The lowest BCUT2D eigenvalue weighted by Gasteiger charge is -2.20. The Bertz CT molecular complexity index is 824. The molecule has 2 aromatic heterocycles. The van der Waals surface area contributed by atoms with Crippen LogP contribution in [0, 0.1) is 0 Å². The highest BCUT2D eigenvalue weighted by Gasteiger charge is 2.22. The molecule has 3 aromatic rings. The summed E-state index contributed by atoms with van der Waals surface area (Å²) in [6.45, 7) is 0. The highest BCUT2D eigenvalue weighted by atomic mass is 35.5. The number of halogens is 1. The van der Waals surface area contributed by atoms with E-state index in [1.165, 1.54) is 37.7 Å². The Morgan fingerprint density at radius 3 is 2.36 bits per heavy atom. The van der Waals surface area contributed by atoms with E-state index in [-0.39, 0.29) is 0 Å². The number of hydrogen-bond donors (Lipinski definition) is 1. The largest absolute Gasteiger partial charge is 0.276 e. The third kappa shape index (κ3) is 3.75. The summed E-state index contributed by atoms with van der Waals surface area (Å²) in [5.74, 6) is 0. The van der Waals surface area contributed by atoms with Gasteiger partial charge in [-0.2, -0.15) is 5.10 Å². The van der Waals surface area contributed by atoms with Crippen LogP contribution in [-0.4, -0.2) is 20.4 Å². The summed E-state index contributed by atoms with van der Waals surface area (Å²) < 4.78 is 0. The number of benzene rings is 1. The molecule has 128 valence electrons. The number of nitrogens with one attached hydrogen (secondary N) is 1. The molecule has 1 aromatic carbocycles. The Labute approximate surface area is 157 Å². The van der Waals surface area contributed by atoms with E-state index in [1.807, 2.05) is 48.4 Å². The van der Waals surface area contributed by atoms with Gasteiger partial charge >= 0.3 is 0 Å². The van der Waals surface area contributed by atoms with Crippen LogP contribution < -0.4 is 0 Å². The molecule has 0 amide bonds. The molecule has 1 N–H and O–H groups in total. The first-order valence-corrected chi connectivity index (χ1v) is 9.98. The van der Waals surface area contributed by atoms with E-state index < -0.39 is 0 Å². The summed E-state index contributed by atoms with van der Waals surface area (Å²) in [5, 5.41) is 10.4. The van der Waals surface area contributed by atoms with Crippen molar-refractivity contribution in [3.8, 4) is 22.4 Å². The predicted molar refractivity (Wildman–Crippen MR) is 105 cm³/mol. The van der Waals surface area contributed by atoms with E-state index >= 15 is 0 Å². The van der Waals surface area contributed by atoms with Gasteiger partial charge in [-0.25, -0.2) is 0 Å². The van der Waals surface area contributed by atoms with Crippen LogP contribution in [0.2, 0.25) is 5.02 Å². The second-order valence-corrected chi connectivity index (χ2v) is 8.12. The Hall–Kier alpha value is -1.78. The second-order valence-electron chi connectivity index (χ2n) is 6.40. The number of pyridine rings is 1. The van der Waals surface area contributed by atoms with Gasteiger partial charge in [-0.05, 0) is 42.7 Å². The lowest BCUT2D eigenvalue weighted by molar-refractivity contribution is 0.515. The number of hydrogen-bond acceptors (Lipinski definition) is 3. The first-order chi connectivity index (χ1) is 12.3. The van der Waals surface area contributed by atoms with Gasteiger partial charge in [0.2, 0.25) is 0 Å². The van der Waals surface area contributed by atoms with E-state index in [0.29, 0.717) is 5.25 Å². The van der Waals surface area contributed by atoms with Crippen molar-refractivity contribution in [1.29, 1.82) is 0 Å². The fraction of sp³-hybridized carbons (Fsp3) is 0.300. The average Bonchev–Trinajstić information content (AvgIpc) is 3.07. The van der Waals surface area contributed by atoms with Crippen LogP contribution in [0.3, 0.4) is 0 Å². The van der Waals surface area contributed by atoms with Crippen molar-refractivity contribution in [3.05, 3.63) is 53.8 Å². The number of aromatic nitrogens is 3. The van der Waals surface area contributed by atoms with E-state index in [0.717, 1.165) is 26.9 Å². The van der Waals surface area contributed by atoms with Crippen molar-refractivity contribution in [2.45, 2.75) is 42.4 Å². The van der Waals surface area contributed by atoms with Crippen molar-refractivity contribution in [2.24, 2.45) is 0 Å². The number of aromatic amines is 1. The topological polar surface area (TPSA) is 41.6 Å². The fourth-order valence-corrected chi connectivity index (χ4v) is 4.81. The molecule has 0 spiro atoms. The molecule has 1 saturated carbocycles. The van der Waals surface area contributed by atoms with E-state index in [2.05, 4.69) is 27.3 Å². The molecule has 4 rings (SSSR count). The molecule has 5 heteroatoms. The van der Waals surface area contributed by atoms with Gasteiger partial charge in [-0.15, -0.1) is 11.8 Å². The molecule has 0 saturated heterocycles. The fourth-order valence-electron chi connectivity index (χ4n) is 3.36. The minimum absolute atomic E-state index is 0.663. The van der Waals surface area contributed by atoms with E-state index in [1.54, 1.807) is 0 Å². The maximum absolute atomic E-state index is 6.05. The van der Waals surface area contributed by atoms with Crippen LogP contribution in [0.15, 0.2) is 53.8 Å². The van der Waals surface area contributed by atoms with E-state index in [4.69, 9.17) is 11.6 Å². The summed E-state index contributed by atoms with van der Waals surface area (Å²) >= 11 is 7.97. The molecule has 1 fully saturated rings. The molecule has 0 atom stereocenters. The molecule has 0 radical (unpaired) electrons. The minimum Gasteiger partial charge on any atom is -0.276 e. The maximum Gasteiger partial charge on any atom is 0.127 e. The molecular weight excluding hydrogens is 350 g/mol. The molecular formula is C20H20ClN3S. The summed E-state index contributed by atoms with van der Waals surface area (Å²) in [6, 6.07) is 12.0. The Kier molecular flexibility index (Phi) is 5.09. The number of thioether (sulfide) groups is 1. The van der Waals surface area contributed by atoms with Crippen molar-refractivity contribution in [2.75, 3.05) is 0 Å². The highest BCUT2D eigenvalue weighted by Crippen LogP contribution is 2.42. The van der Waals surface area contributed by atoms with Gasteiger partial charge in [-0.1, -0.05) is 43.0 Å². The van der Waals surface area contributed by atoms with Crippen LogP contribution in [0.5, 0.6) is 0 Å². The standard InChI is InChI=1S/C20H20ClN3S/c21-16-8-6-15(7-9-16)19-18(14-10-12-22-13-11-14)20(24-23-19)25-17-4-2-1-3-5-17/h6-13,17H,1-5H2,(H,23,24). The third-order valence-electron chi connectivity index (χ3n) is 4.67. The zero-order valence-corrected chi connectivity index (χ0v) is 15.5. The van der Waals surface area contributed by atoms with Crippen molar-refractivity contribution in [1.82, 2.24) is 15.2 Å². The smallest absolute Gasteiger partial charge is 0.127 e. The lowest BCUT2D eigenvalue weighted by Crippen LogP contribution is -2.07. The van der Waals surface area contributed by atoms with Crippen molar-refractivity contribution in [3.63, 3.8) is 0 Å². The molecule has 0 bridgehead atoms. The molecule has 1 aliphatic carbocycles. The van der Waals surface area contributed by atoms with Gasteiger partial charge in [0.15, 0.2) is 0 Å². The first-order valence-electron chi connectivity index (χ1n) is 8.72. The van der Waals surface area contributed by atoms with Crippen molar-refractivity contribution >= 4 is 23.4 Å². The summed E-state index contributed by atoms with van der Waals surface area (Å²) in [4.78, 5) is 4.16. The molecule has 0 unspecified atom stereocenters. The minimum atomic E-state index is 0.663. The number of rotatable bonds is 4.